The second-order valence-corrected chi connectivity index (χ2v) is 5.53. The minimum atomic E-state index is 0.299. The maximum Gasteiger partial charge on any atom is 0.124 e. The van der Waals surface area contributed by atoms with E-state index in [1.807, 2.05) is 12.1 Å². The van der Waals surface area contributed by atoms with Crippen molar-refractivity contribution in [2.24, 2.45) is 0 Å². The molecule has 0 saturated carbocycles. The molecule has 18 heavy (non-hydrogen) atoms. The largest absolute Gasteiger partial charge is 0.493 e. The predicted octanol–water partition coefficient (Wildman–Crippen LogP) is 3.02. The first-order valence-electron chi connectivity index (χ1n) is 6.58. The Morgan fingerprint density at radius 2 is 2.22 bits per heavy atom. The fourth-order valence-electron chi connectivity index (χ4n) is 2.27. The van der Waals surface area contributed by atoms with Gasteiger partial charge in [0.05, 0.1) is 6.61 Å². The molecule has 0 amide bonds. The second kappa shape index (κ2) is 7.12. The van der Waals surface area contributed by atoms with Crippen LogP contribution in [0.25, 0.3) is 0 Å². The number of aliphatic hydroxyl groups excluding tert-OH is 1. The van der Waals surface area contributed by atoms with E-state index >= 15 is 0 Å². The molecule has 1 aromatic rings. The van der Waals surface area contributed by atoms with Crippen molar-refractivity contribution in [2.45, 2.75) is 31.7 Å². The minimum absolute atomic E-state index is 0.299. The number of ether oxygens (including phenoxy) is 1. The number of fused-ring (bicyclic) bond motifs is 1. The summed E-state index contributed by atoms with van der Waals surface area (Å²) in [5.74, 6) is 0.998. The lowest BCUT2D eigenvalue weighted by atomic mass is 10.0. The Bertz CT molecular complexity index is 384. The summed E-state index contributed by atoms with van der Waals surface area (Å²) in [6, 6.07) is 6.57. The van der Waals surface area contributed by atoms with Gasteiger partial charge >= 0.3 is 0 Å². The van der Waals surface area contributed by atoms with Crippen molar-refractivity contribution < 1.29 is 9.84 Å². The lowest BCUT2D eigenvalue weighted by molar-refractivity contribution is 0.251. The quantitative estimate of drug-likeness (QED) is 0.793. The van der Waals surface area contributed by atoms with Gasteiger partial charge in [0.2, 0.25) is 0 Å². The highest BCUT2D eigenvalue weighted by molar-refractivity contribution is 9.10. The van der Waals surface area contributed by atoms with Crippen molar-refractivity contribution in [1.82, 2.24) is 5.32 Å². The first-order valence-corrected chi connectivity index (χ1v) is 7.37. The molecule has 2 N–H and O–H groups in total. The van der Waals surface area contributed by atoms with Crippen LogP contribution in [0.5, 0.6) is 5.75 Å². The van der Waals surface area contributed by atoms with Gasteiger partial charge in [0.15, 0.2) is 0 Å². The van der Waals surface area contributed by atoms with Gasteiger partial charge in [-0.15, -0.1) is 0 Å². The zero-order valence-corrected chi connectivity index (χ0v) is 12.1. The highest BCUT2D eigenvalue weighted by atomic mass is 79.9. The van der Waals surface area contributed by atoms with Gasteiger partial charge in [0.25, 0.3) is 0 Å². The van der Waals surface area contributed by atoms with Crippen LogP contribution in [-0.2, 0) is 0 Å². The van der Waals surface area contributed by atoms with Gasteiger partial charge < -0.3 is 15.2 Å². The van der Waals surface area contributed by atoms with E-state index in [1.54, 1.807) is 0 Å². The van der Waals surface area contributed by atoms with Gasteiger partial charge in [-0.25, -0.2) is 0 Å². The lowest BCUT2D eigenvalue weighted by Crippen LogP contribution is -2.27. The van der Waals surface area contributed by atoms with Crippen LogP contribution < -0.4 is 10.1 Å². The number of nitrogens with one attached hydrogen (secondary N) is 1. The maximum atomic E-state index is 8.73. The number of rotatable bonds is 6. The first-order chi connectivity index (χ1) is 8.81. The van der Waals surface area contributed by atoms with E-state index in [0.717, 1.165) is 49.1 Å². The van der Waals surface area contributed by atoms with Crippen LogP contribution in [0.4, 0.5) is 0 Å². The van der Waals surface area contributed by atoms with Crippen molar-refractivity contribution in [3.8, 4) is 5.75 Å². The molecule has 1 aromatic carbocycles. The van der Waals surface area contributed by atoms with Gasteiger partial charge in [0, 0.05) is 29.1 Å². The molecule has 0 aliphatic carbocycles. The van der Waals surface area contributed by atoms with Gasteiger partial charge in [-0.2, -0.15) is 0 Å². The Balaban J connectivity index is 1.89. The molecule has 2 rings (SSSR count). The normalized spacial score (nSPS) is 18.2. The summed E-state index contributed by atoms with van der Waals surface area (Å²) in [7, 11) is 0. The summed E-state index contributed by atoms with van der Waals surface area (Å²) < 4.78 is 6.76. The van der Waals surface area contributed by atoms with Crippen molar-refractivity contribution in [1.29, 1.82) is 0 Å². The fraction of sp³-hybridized carbons (Fsp3) is 0.571. The lowest BCUT2D eigenvalue weighted by Gasteiger charge is -2.27. The number of hydrogen-bond donors (Lipinski definition) is 2. The molecule has 0 spiro atoms. The van der Waals surface area contributed by atoms with Gasteiger partial charge in [-0.05, 0) is 44.0 Å². The Hall–Kier alpha value is -0.580. The third-order valence-corrected chi connectivity index (χ3v) is 3.73. The highest BCUT2D eigenvalue weighted by Gasteiger charge is 2.20. The van der Waals surface area contributed by atoms with Crippen LogP contribution in [0.3, 0.4) is 0 Å². The van der Waals surface area contributed by atoms with Gasteiger partial charge in [-0.3, -0.25) is 0 Å². The van der Waals surface area contributed by atoms with E-state index in [2.05, 4.69) is 27.3 Å². The van der Waals surface area contributed by atoms with Crippen LogP contribution in [0.1, 0.15) is 37.3 Å². The molecule has 1 heterocycles. The molecule has 0 bridgehead atoms. The smallest absolute Gasteiger partial charge is 0.124 e. The molecule has 100 valence electrons. The maximum absolute atomic E-state index is 8.73. The minimum Gasteiger partial charge on any atom is -0.493 e. The number of unbranched alkanes of at least 4 members (excludes halogenated alkanes) is 2. The molecule has 1 atom stereocenters. The summed E-state index contributed by atoms with van der Waals surface area (Å²) in [6.45, 7) is 2.08. The van der Waals surface area contributed by atoms with E-state index in [1.165, 1.54) is 5.56 Å². The molecule has 0 fully saturated rings. The Kier molecular flexibility index (Phi) is 5.47. The molecular formula is C14H20BrNO2. The SMILES string of the molecule is OCCCCCNC1CCOc2ccc(Br)cc21. The fourth-order valence-corrected chi connectivity index (χ4v) is 2.65. The number of hydrogen-bond acceptors (Lipinski definition) is 3. The Morgan fingerprint density at radius 3 is 3.06 bits per heavy atom. The van der Waals surface area contributed by atoms with E-state index in [0.29, 0.717) is 12.6 Å². The summed E-state index contributed by atoms with van der Waals surface area (Å²) in [6.07, 6.45) is 4.11. The van der Waals surface area contributed by atoms with E-state index in [-0.39, 0.29) is 0 Å². The highest BCUT2D eigenvalue weighted by Crippen LogP contribution is 2.33. The van der Waals surface area contributed by atoms with Crippen molar-refractivity contribution in [3.63, 3.8) is 0 Å². The van der Waals surface area contributed by atoms with Crippen molar-refractivity contribution in [3.05, 3.63) is 28.2 Å². The molecule has 0 aromatic heterocycles. The number of benzene rings is 1. The van der Waals surface area contributed by atoms with Crippen LogP contribution in [0.15, 0.2) is 22.7 Å². The predicted molar refractivity (Wildman–Crippen MR) is 75.9 cm³/mol. The Morgan fingerprint density at radius 1 is 1.33 bits per heavy atom. The van der Waals surface area contributed by atoms with E-state index < -0.39 is 0 Å². The molecule has 1 aliphatic rings. The van der Waals surface area contributed by atoms with Crippen LogP contribution in [0, 0.1) is 0 Å². The van der Waals surface area contributed by atoms with Crippen LogP contribution >= 0.6 is 15.9 Å². The average Bonchev–Trinajstić information content (AvgIpc) is 2.39. The van der Waals surface area contributed by atoms with Crippen LogP contribution in [-0.4, -0.2) is 24.9 Å². The topological polar surface area (TPSA) is 41.5 Å². The van der Waals surface area contributed by atoms with Gasteiger partial charge in [0.1, 0.15) is 5.75 Å². The molecule has 1 aliphatic heterocycles. The summed E-state index contributed by atoms with van der Waals surface area (Å²) in [4.78, 5) is 0. The van der Waals surface area contributed by atoms with Crippen molar-refractivity contribution >= 4 is 15.9 Å². The van der Waals surface area contributed by atoms with Crippen LogP contribution in [0.2, 0.25) is 0 Å². The summed E-state index contributed by atoms with van der Waals surface area (Å²) in [5, 5.41) is 12.3. The molecule has 3 nitrogen and oxygen atoms in total. The number of halogens is 1. The zero-order chi connectivity index (χ0) is 12.8. The summed E-state index contributed by atoms with van der Waals surface area (Å²) in [5.41, 5.74) is 1.25. The molecule has 0 saturated heterocycles. The molecule has 1 unspecified atom stereocenters. The average molecular weight is 314 g/mol. The van der Waals surface area contributed by atoms with Crippen molar-refractivity contribution in [2.75, 3.05) is 19.8 Å². The van der Waals surface area contributed by atoms with E-state index in [9.17, 15) is 0 Å². The zero-order valence-electron chi connectivity index (χ0n) is 10.5. The third-order valence-electron chi connectivity index (χ3n) is 3.24. The second-order valence-electron chi connectivity index (χ2n) is 4.61. The van der Waals surface area contributed by atoms with E-state index in [4.69, 9.17) is 9.84 Å². The molecular weight excluding hydrogens is 294 g/mol. The molecule has 0 radical (unpaired) electrons. The summed E-state index contributed by atoms with van der Waals surface area (Å²) >= 11 is 3.51. The Labute approximate surface area is 117 Å². The molecule has 4 heteroatoms. The third kappa shape index (κ3) is 3.70. The monoisotopic (exact) mass is 313 g/mol. The van der Waals surface area contributed by atoms with Gasteiger partial charge in [-0.1, -0.05) is 15.9 Å². The first kappa shape index (κ1) is 13.8. The standard InChI is InChI=1S/C14H20BrNO2/c15-11-4-5-14-12(10-11)13(6-9-18-14)16-7-2-1-3-8-17/h4-5,10,13,16-17H,1-3,6-9H2. The number of aliphatic hydroxyl groups is 1.